The van der Waals surface area contributed by atoms with E-state index in [2.05, 4.69) is 42.3 Å². The molecular formula is C31H36N2O3. The summed E-state index contributed by atoms with van der Waals surface area (Å²) < 4.78 is 11.9. The number of ether oxygens (including phenoxy) is 2. The summed E-state index contributed by atoms with van der Waals surface area (Å²) in [4.78, 5) is 18.4. The molecule has 188 valence electrons. The van der Waals surface area contributed by atoms with Crippen molar-refractivity contribution < 1.29 is 14.3 Å². The van der Waals surface area contributed by atoms with Crippen LogP contribution >= 0.6 is 0 Å². The third-order valence-corrected chi connectivity index (χ3v) is 7.73. The van der Waals surface area contributed by atoms with Crippen molar-refractivity contribution in [3.8, 4) is 11.5 Å². The van der Waals surface area contributed by atoms with E-state index in [1.54, 1.807) is 7.11 Å². The molecule has 0 radical (unpaired) electrons. The summed E-state index contributed by atoms with van der Waals surface area (Å²) in [6, 6.07) is 24.7. The fourth-order valence-corrected chi connectivity index (χ4v) is 5.72. The smallest absolute Gasteiger partial charge is 0.244 e. The topological polar surface area (TPSA) is 42.0 Å². The molecule has 5 nitrogen and oxygen atoms in total. The van der Waals surface area contributed by atoms with Gasteiger partial charge in [-0.15, -0.1) is 0 Å². The molecule has 5 rings (SSSR count). The van der Waals surface area contributed by atoms with Crippen LogP contribution in [0.1, 0.15) is 54.0 Å². The Labute approximate surface area is 214 Å². The Kier molecular flexibility index (Phi) is 7.57. The quantitative estimate of drug-likeness (QED) is 0.407. The molecule has 1 aliphatic heterocycles. The largest absolute Gasteiger partial charge is 0.493 e. The normalized spacial score (nSPS) is 16.6. The highest BCUT2D eigenvalue weighted by Gasteiger charge is 2.35. The monoisotopic (exact) mass is 484 g/mol. The first-order valence-corrected chi connectivity index (χ1v) is 13.1. The van der Waals surface area contributed by atoms with Gasteiger partial charge >= 0.3 is 0 Å². The Morgan fingerprint density at radius 3 is 2.39 bits per heavy atom. The molecule has 3 aromatic rings. The fourth-order valence-electron chi connectivity index (χ4n) is 5.72. The molecule has 0 bridgehead atoms. The summed E-state index contributed by atoms with van der Waals surface area (Å²) in [6.45, 7) is 1.74. The van der Waals surface area contributed by atoms with E-state index >= 15 is 0 Å². The maximum absolute atomic E-state index is 14.1. The number of methoxy groups -OCH3 is 1. The third kappa shape index (κ3) is 5.12. The molecule has 36 heavy (non-hydrogen) atoms. The van der Waals surface area contributed by atoms with Crippen LogP contribution in [0.2, 0.25) is 0 Å². The van der Waals surface area contributed by atoms with Crippen molar-refractivity contribution in [2.24, 2.45) is 0 Å². The van der Waals surface area contributed by atoms with Gasteiger partial charge in [-0.05, 0) is 49.1 Å². The number of amides is 1. The second-order valence-corrected chi connectivity index (χ2v) is 9.94. The molecule has 1 amide bonds. The fraction of sp³-hybridized carbons (Fsp3) is 0.387. The minimum atomic E-state index is -0.261. The molecule has 1 unspecified atom stereocenters. The zero-order valence-corrected chi connectivity index (χ0v) is 21.4. The molecule has 0 N–H and O–H groups in total. The van der Waals surface area contributed by atoms with Gasteiger partial charge in [0.25, 0.3) is 0 Å². The summed E-state index contributed by atoms with van der Waals surface area (Å²) in [5.74, 6) is 1.73. The molecule has 1 atom stereocenters. The number of hydrogen-bond donors (Lipinski definition) is 0. The molecule has 5 heteroatoms. The summed E-state index contributed by atoms with van der Waals surface area (Å²) in [6.07, 6.45) is 5.57. The maximum atomic E-state index is 14.1. The number of hydrogen-bond acceptors (Lipinski definition) is 4. The van der Waals surface area contributed by atoms with Gasteiger partial charge in [0, 0.05) is 24.7 Å². The number of likely N-dealkylation sites (N-methyl/N-ethyl adjacent to an activating group) is 1. The van der Waals surface area contributed by atoms with Crippen LogP contribution in [0.5, 0.6) is 11.5 Å². The number of benzene rings is 3. The van der Waals surface area contributed by atoms with Crippen LogP contribution in [-0.4, -0.2) is 42.5 Å². The lowest BCUT2D eigenvalue weighted by molar-refractivity contribution is -0.138. The minimum Gasteiger partial charge on any atom is -0.493 e. The molecule has 0 spiro atoms. The highest BCUT2D eigenvalue weighted by molar-refractivity contribution is 5.83. The standard InChI is InChI=1S/C31H36N2O3/c1-32(26-15-9-10-16-26)29(24-13-7-4-8-14-24)31(34)33-20-19-27-25(21-33)17-18-28(35-2)30(27)36-22-23-11-5-3-6-12-23/h3-8,11-14,17-18,26,29H,9-10,15-16,19-22H2,1-2H3. The Morgan fingerprint density at radius 1 is 1.00 bits per heavy atom. The molecule has 1 saturated carbocycles. The van der Waals surface area contributed by atoms with E-state index in [9.17, 15) is 4.79 Å². The average Bonchev–Trinajstić information content (AvgIpc) is 3.48. The number of rotatable bonds is 8. The lowest BCUT2D eigenvalue weighted by atomic mass is 9.95. The molecule has 1 aliphatic carbocycles. The first-order chi connectivity index (χ1) is 17.7. The second-order valence-electron chi connectivity index (χ2n) is 9.94. The van der Waals surface area contributed by atoms with Gasteiger partial charge in [0.05, 0.1) is 7.11 Å². The van der Waals surface area contributed by atoms with Gasteiger partial charge in [0.15, 0.2) is 11.5 Å². The van der Waals surface area contributed by atoms with Crippen LogP contribution in [0.25, 0.3) is 0 Å². The van der Waals surface area contributed by atoms with Crippen LogP contribution < -0.4 is 9.47 Å². The highest BCUT2D eigenvalue weighted by Crippen LogP contribution is 2.38. The molecular weight excluding hydrogens is 448 g/mol. The van der Waals surface area contributed by atoms with Gasteiger partial charge in [-0.2, -0.15) is 0 Å². The van der Waals surface area contributed by atoms with Crippen LogP contribution in [0.15, 0.2) is 72.8 Å². The van der Waals surface area contributed by atoms with Crippen molar-refractivity contribution in [2.45, 2.75) is 57.3 Å². The number of carbonyl (C=O) groups is 1. The van der Waals surface area contributed by atoms with Crippen molar-refractivity contribution in [3.63, 3.8) is 0 Å². The van der Waals surface area contributed by atoms with Crippen molar-refractivity contribution in [3.05, 3.63) is 95.1 Å². The predicted octanol–water partition coefficient (Wildman–Crippen LogP) is 5.77. The number of carbonyl (C=O) groups excluding carboxylic acids is 1. The van der Waals surface area contributed by atoms with Crippen LogP contribution in [0.3, 0.4) is 0 Å². The van der Waals surface area contributed by atoms with Gasteiger partial charge in [0.2, 0.25) is 5.91 Å². The van der Waals surface area contributed by atoms with Gasteiger partial charge < -0.3 is 14.4 Å². The molecule has 0 aromatic heterocycles. The summed E-state index contributed by atoms with van der Waals surface area (Å²) in [5.41, 5.74) is 4.47. The first kappa shape index (κ1) is 24.4. The van der Waals surface area contributed by atoms with Crippen LogP contribution in [0.4, 0.5) is 0 Å². The van der Waals surface area contributed by atoms with E-state index in [0.717, 1.165) is 53.0 Å². The molecule has 2 aliphatic rings. The van der Waals surface area contributed by atoms with Crippen molar-refractivity contribution >= 4 is 5.91 Å². The average molecular weight is 485 g/mol. The number of nitrogens with zero attached hydrogens (tertiary/aromatic N) is 2. The van der Waals surface area contributed by atoms with E-state index < -0.39 is 0 Å². The summed E-state index contributed by atoms with van der Waals surface area (Å²) >= 11 is 0. The zero-order valence-electron chi connectivity index (χ0n) is 21.4. The highest BCUT2D eigenvalue weighted by atomic mass is 16.5. The molecule has 3 aromatic carbocycles. The Hall–Kier alpha value is -3.31. The van der Waals surface area contributed by atoms with E-state index in [1.807, 2.05) is 47.4 Å². The van der Waals surface area contributed by atoms with E-state index in [-0.39, 0.29) is 11.9 Å². The van der Waals surface area contributed by atoms with Crippen LogP contribution in [0, 0.1) is 0 Å². The van der Waals surface area contributed by atoms with Gasteiger partial charge in [0.1, 0.15) is 12.6 Å². The first-order valence-electron chi connectivity index (χ1n) is 13.1. The Bertz CT molecular complexity index is 1160. The van der Waals surface area contributed by atoms with Gasteiger partial charge in [-0.3, -0.25) is 9.69 Å². The lowest BCUT2D eigenvalue weighted by Crippen LogP contribution is -2.46. The SMILES string of the molecule is COc1ccc2c(c1OCc1ccccc1)CCN(C(=O)C(c1ccccc1)N(C)C1CCCC1)C2. The molecule has 1 fully saturated rings. The third-order valence-electron chi connectivity index (χ3n) is 7.73. The van der Waals surface area contributed by atoms with E-state index in [1.165, 1.54) is 12.8 Å². The van der Waals surface area contributed by atoms with Crippen molar-refractivity contribution in [1.82, 2.24) is 9.80 Å². The van der Waals surface area contributed by atoms with E-state index in [4.69, 9.17) is 9.47 Å². The molecule has 0 saturated heterocycles. The van der Waals surface area contributed by atoms with Crippen molar-refractivity contribution in [1.29, 1.82) is 0 Å². The predicted molar refractivity (Wildman–Crippen MR) is 142 cm³/mol. The number of fused-ring (bicyclic) bond motifs is 1. The zero-order chi connectivity index (χ0) is 24.9. The molecule has 1 heterocycles. The van der Waals surface area contributed by atoms with E-state index in [0.29, 0.717) is 25.7 Å². The van der Waals surface area contributed by atoms with Gasteiger partial charge in [-0.25, -0.2) is 0 Å². The second kappa shape index (κ2) is 11.2. The summed E-state index contributed by atoms with van der Waals surface area (Å²) in [7, 11) is 3.81. The Morgan fingerprint density at radius 2 is 1.69 bits per heavy atom. The Balaban J connectivity index is 1.38. The van der Waals surface area contributed by atoms with Gasteiger partial charge in [-0.1, -0.05) is 79.6 Å². The minimum absolute atomic E-state index is 0.184. The van der Waals surface area contributed by atoms with Crippen molar-refractivity contribution in [2.75, 3.05) is 20.7 Å². The van der Waals surface area contributed by atoms with Crippen LogP contribution in [-0.2, 0) is 24.4 Å². The maximum Gasteiger partial charge on any atom is 0.244 e. The lowest BCUT2D eigenvalue weighted by Gasteiger charge is -2.38. The summed E-state index contributed by atoms with van der Waals surface area (Å²) in [5, 5.41) is 0.